The van der Waals surface area contributed by atoms with Gasteiger partial charge in [0, 0.05) is 19.1 Å². The van der Waals surface area contributed by atoms with Gasteiger partial charge in [-0.05, 0) is 12.8 Å². The van der Waals surface area contributed by atoms with Crippen molar-refractivity contribution < 1.29 is 14.7 Å². The standard InChI is InChI=1S/C11H17N3O3/c1-2-5-14(8-10(15)16)11(17)13-6-3-9(12)4-7-13/h1,9H,3-8,12H2,(H,15,16). The largest absolute Gasteiger partial charge is 0.480 e. The number of carboxylic acid groups (broad SMARTS) is 1. The molecule has 0 aromatic rings. The van der Waals surface area contributed by atoms with E-state index in [0.29, 0.717) is 13.1 Å². The van der Waals surface area contributed by atoms with Crippen LogP contribution in [-0.2, 0) is 4.79 Å². The van der Waals surface area contributed by atoms with Gasteiger partial charge in [-0.1, -0.05) is 5.92 Å². The molecule has 17 heavy (non-hydrogen) atoms. The third kappa shape index (κ3) is 3.96. The van der Waals surface area contributed by atoms with Crippen molar-refractivity contribution in [3.63, 3.8) is 0 Å². The molecule has 1 aliphatic heterocycles. The molecule has 2 amide bonds. The van der Waals surface area contributed by atoms with Gasteiger partial charge in [0.25, 0.3) is 0 Å². The maximum absolute atomic E-state index is 12.0. The first-order valence-corrected chi connectivity index (χ1v) is 5.49. The molecule has 1 aliphatic rings. The zero-order valence-corrected chi connectivity index (χ0v) is 9.63. The molecule has 6 heteroatoms. The summed E-state index contributed by atoms with van der Waals surface area (Å²) in [7, 11) is 0. The van der Waals surface area contributed by atoms with E-state index in [1.165, 1.54) is 0 Å². The van der Waals surface area contributed by atoms with Crippen LogP contribution >= 0.6 is 0 Å². The van der Waals surface area contributed by atoms with E-state index in [2.05, 4.69) is 5.92 Å². The Hall–Kier alpha value is -1.74. The first-order chi connectivity index (χ1) is 8.04. The van der Waals surface area contributed by atoms with E-state index < -0.39 is 5.97 Å². The second-order valence-corrected chi connectivity index (χ2v) is 4.06. The predicted octanol–water partition coefficient (Wildman–Crippen LogP) is -0.451. The van der Waals surface area contributed by atoms with Crippen molar-refractivity contribution in [1.29, 1.82) is 0 Å². The molecule has 0 spiro atoms. The molecular formula is C11H17N3O3. The van der Waals surface area contributed by atoms with E-state index >= 15 is 0 Å². The quantitative estimate of drug-likeness (QED) is 0.653. The van der Waals surface area contributed by atoms with Gasteiger partial charge in [0.05, 0.1) is 6.54 Å². The molecule has 6 nitrogen and oxygen atoms in total. The van der Waals surface area contributed by atoms with Crippen LogP contribution in [0.3, 0.4) is 0 Å². The summed E-state index contributed by atoms with van der Waals surface area (Å²) in [5.74, 6) is 1.23. The van der Waals surface area contributed by atoms with E-state index in [9.17, 15) is 9.59 Å². The molecule has 1 rings (SSSR count). The highest BCUT2D eigenvalue weighted by Gasteiger charge is 2.25. The summed E-state index contributed by atoms with van der Waals surface area (Å²) >= 11 is 0. The lowest BCUT2D eigenvalue weighted by Gasteiger charge is -2.33. The Labute approximate surface area is 100 Å². The Morgan fingerprint density at radius 2 is 2.06 bits per heavy atom. The fraction of sp³-hybridized carbons (Fsp3) is 0.636. The monoisotopic (exact) mass is 239 g/mol. The lowest BCUT2D eigenvalue weighted by molar-refractivity contribution is -0.137. The van der Waals surface area contributed by atoms with Crippen LogP contribution in [0.15, 0.2) is 0 Å². The number of nitrogens with two attached hydrogens (primary N) is 1. The number of hydrogen-bond acceptors (Lipinski definition) is 3. The Morgan fingerprint density at radius 3 is 2.53 bits per heavy atom. The molecule has 0 saturated carbocycles. The van der Waals surface area contributed by atoms with Gasteiger partial charge in [-0.3, -0.25) is 4.79 Å². The van der Waals surface area contributed by atoms with Gasteiger partial charge in [0.2, 0.25) is 0 Å². The number of carboxylic acids is 1. The molecule has 1 heterocycles. The fourth-order valence-corrected chi connectivity index (χ4v) is 1.76. The number of terminal acetylenes is 1. The number of piperidine rings is 1. The summed E-state index contributed by atoms with van der Waals surface area (Å²) in [6.07, 6.45) is 6.60. The molecule has 1 saturated heterocycles. The fourth-order valence-electron chi connectivity index (χ4n) is 1.76. The zero-order chi connectivity index (χ0) is 12.8. The molecule has 0 atom stereocenters. The minimum Gasteiger partial charge on any atom is -0.480 e. The molecule has 0 radical (unpaired) electrons. The molecular weight excluding hydrogens is 222 g/mol. The van der Waals surface area contributed by atoms with Crippen molar-refractivity contribution >= 4 is 12.0 Å². The molecule has 0 aromatic heterocycles. The van der Waals surface area contributed by atoms with Gasteiger partial charge in [-0.15, -0.1) is 6.42 Å². The van der Waals surface area contributed by atoms with Crippen molar-refractivity contribution in [2.45, 2.75) is 18.9 Å². The van der Waals surface area contributed by atoms with Crippen LogP contribution in [0, 0.1) is 12.3 Å². The number of urea groups is 1. The predicted molar refractivity (Wildman–Crippen MR) is 62.2 cm³/mol. The van der Waals surface area contributed by atoms with E-state index in [1.807, 2.05) is 0 Å². The Kier molecular flexibility index (Phi) is 4.79. The maximum atomic E-state index is 12.0. The van der Waals surface area contributed by atoms with Gasteiger partial charge in [0.1, 0.15) is 6.54 Å². The molecule has 0 aromatic carbocycles. The second kappa shape index (κ2) is 6.11. The first-order valence-electron chi connectivity index (χ1n) is 5.49. The average Bonchev–Trinajstić information content (AvgIpc) is 2.28. The number of carbonyl (C=O) groups excluding carboxylic acids is 1. The van der Waals surface area contributed by atoms with Crippen molar-refractivity contribution in [2.75, 3.05) is 26.2 Å². The van der Waals surface area contributed by atoms with Crippen molar-refractivity contribution in [3.05, 3.63) is 0 Å². The van der Waals surface area contributed by atoms with Crippen molar-refractivity contribution in [3.8, 4) is 12.3 Å². The van der Waals surface area contributed by atoms with Gasteiger partial charge >= 0.3 is 12.0 Å². The van der Waals surface area contributed by atoms with E-state index in [1.54, 1.807) is 4.90 Å². The molecule has 94 valence electrons. The summed E-state index contributed by atoms with van der Waals surface area (Å²) in [6, 6.07) is -0.197. The van der Waals surface area contributed by atoms with Gasteiger partial charge in [-0.2, -0.15) is 0 Å². The normalized spacial score (nSPS) is 16.4. The molecule has 0 aliphatic carbocycles. The highest BCUT2D eigenvalue weighted by molar-refractivity contribution is 5.80. The first kappa shape index (κ1) is 13.3. The minimum atomic E-state index is -1.07. The number of carbonyl (C=O) groups is 2. The van der Waals surface area contributed by atoms with Crippen molar-refractivity contribution in [1.82, 2.24) is 9.80 Å². The lowest BCUT2D eigenvalue weighted by atomic mass is 10.1. The van der Waals surface area contributed by atoms with E-state index in [-0.39, 0.29) is 25.2 Å². The number of rotatable bonds is 3. The minimum absolute atomic E-state index is 0.00763. The number of nitrogens with zero attached hydrogens (tertiary/aromatic N) is 2. The maximum Gasteiger partial charge on any atom is 0.323 e. The van der Waals surface area contributed by atoms with Crippen LogP contribution in [-0.4, -0.2) is 59.1 Å². The smallest absolute Gasteiger partial charge is 0.323 e. The summed E-state index contributed by atoms with van der Waals surface area (Å²) in [5, 5.41) is 8.70. The highest BCUT2D eigenvalue weighted by atomic mass is 16.4. The van der Waals surface area contributed by atoms with Crippen LogP contribution in [0.1, 0.15) is 12.8 Å². The number of hydrogen-bond donors (Lipinski definition) is 2. The van der Waals surface area contributed by atoms with Gasteiger partial charge in [-0.25, -0.2) is 4.79 Å². The molecule has 3 N–H and O–H groups in total. The summed E-state index contributed by atoms with van der Waals surface area (Å²) in [6.45, 7) is 0.751. The van der Waals surface area contributed by atoms with Gasteiger partial charge < -0.3 is 20.6 Å². The van der Waals surface area contributed by atoms with Crippen molar-refractivity contribution in [2.24, 2.45) is 5.73 Å². The SMILES string of the molecule is C#CCN(CC(=O)O)C(=O)N1CCC(N)CC1. The van der Waals surface area contributed by atoms with E-state index in [0.717, 1.165) is 17.7 Å². The third-order valence-corrected chi connectivity index (χ3v) is 2.69. The highest BCUT2D eigenvalue weighted by Crippen LogP contribution is 2.10. The Morgan fingerprint density at radius 1 is 1.47 bits per heavy atom. The van der Waals surface area contributed by atoms with Crippen LogP contribution in [0.2, 0.25) is 0 Å². The topological polar surface area (TPSA) is 86.9 Å². The van der Waals surface area contributed by atoms with Crippen LogP contribution < -0.4 is 5.73 Å². The molecule has 1 fully saturated rings. The van der Waals surface area contributed by atoms with Crippen LogP contribution in [0.25, 0.3) is 0 Å². The Bertz CT molecular complexity index is 329. The summed E-state index contributed by atoms with van der Waals surface area (Å²) < 4.78 is 0. The van der Waals surface area contributed by atoms with E-state index in [4.69, 9.17) is 17.3 Å². The lowest BCUT2D eigenvalue weighted by Crippen LogP contribution is -2.50. The average molecular weight is 239 g/mol. The van der Waals surface area contributed by atoms with Crippen LogP contribution in [0.4, 0.5) is 4.79 Å². The zero-order valence-electron chi connectivity index (χ0n) is 9.63. The molecule has 0 unspecified atom stereocenters. The number of aliphatic carboxylic acids is 1. The third-order valence-electron chi connectivity index (χ3n) is 2.69. The number of likely N-dealkylation sites (tertiary alicyclic amines) is 1. The summed E-state index contributed by atoms with van der Waals surface area (Å²) in [5.41, 5.74) is 5.73. The molecule has 0 bridgehead atoms. The second-order valence-electron chi connectivity index (χ2n) is 4.06. The number of amides is 2. The van der Waals surface area contributed by atoms with Gasteiger partial charge in [0.15, 0.2) is 0 Å². The summed E-state index contributed by atoms with van der Waals surface area (Å²) in [4.78, 5) is 25.4. The van der Waals surface area contributed by atoms with Crippen LogP contribution in [0.5, 0.6) is 0 Å². The Balaban J connectivity index is 2.58.